The Morgan fingerprint density at radius 1 is 1.44 bits per heavy atom. The van der Waals surface area contributed by atoms with Gasteiger partial charge in [-0.2, -0.15) is 11.8 Å². The van der Waals surface area contributed by atoms with Crippen LogP contribution in [0.4, 0.5) is 0 Å². The molecule has 2 fully saturated rings. The predicted octanol–water partition coefficient (Wildman–Crippen LogP) is 1.18. The normalized spacial score (nSPS) is 40.1. The van der Waals surface area contributed by atoms with Gasteiger partial charge in [-0.05, 0) is 13.8 Å². The fourth-order valence-electron chi connectivity index (χ4n) is 2.65. The largest absolute Gasteiger partial charge is 0.379 e. The van der Waals surface area contributed by atoms with Gasteiger partial charge in [-0.1, -0.05) is 6.92 Å². The van der Waals surface area contributed by atoms with Crippen molar-refractivity contribution < 1.29 is 4.74 Å². The van der Waals surface area contributed by atoms with E-state index in [9.17, 15) is 0 Å². The zero-order valence-electron chi connectivity index (χ0n) is 10.7. The number of hydrogen-bond donors (Lipinski definition) is 1. The average molecular weight is 244 g/mol. The van der Waals surface area contributed by atoms with Crippen molar-refractivity contribution in [3.8, 4) is 0 Å². The standard InChI is InChI=1S/C12H24N2OS/c1-11(2)7-14(4-5-16-11)8-12(3)9-15-6-10(12)13/h10H,4-9,13H2,1-3H3. The maximum absolute atomic E-state index is 6.14. The molecule has 0 radical (unpaired) electrons. The highest BCUT2D eigenvalue weighted by Crippen LogP contribution is 2.33. The summed E-state index contributed by atoms with van der Waals surface area (Å²) < 4.78 is 5.90. The third-order valence-corrected chi connectivity index (χ3v) is 5.01. The first kappa shape index (κ1) is 12.7. The summed E-state index contributed by atoms with van der Waals surface area (Å²) >= 11 is 2.08. The second kappa shape index (κ2) is 4.48. The molecule has 0 saturated carbocycles. The van der Waals surface area contributed by atoms with E-state index in [0.717, 1.165) is 19.8 Å². The van der Waals surface area contributed by atoms with Crippen molar-refractivity contribution in [3.63, 3.8) is 0 Å². The molecule has 2 aliphatic rings. The van der Waals surface area contributed by atoms with E-state index < -0.39 is 0 Å². The van der Waals surface area contributed by atoms with E-state index in [1.165, 1.54) is 18.8 Å². The van der Waals surface area contributed by atoms with Crippen molar-refractivity contribution in [2.45, 2.75) is 31.6 Å². The van der Waals surface area contributed by atoms with Gasteiger partial charge in [0.2, 0.25) is 0 Å². The smallest absolute Gasteiger partial charge is 0.0624 e. The van der Waals surface area contributed by atoms with Gasteiger partial charge in [0.15, 0.2) is 0 Å². The number of hydrogen-bond acceptors (Lipinski definition) is 4. The minimum Gasteiger partial charge on any atom is -0.379 e. The van der Waals surface area contributed by atoms with Crippen LogP contribution in [0.1, 0.15) is 20.8 Å². The summed E-state index contributed by atoms with van der Waals surface area (Å²) in [4.78, 5) is 2.56. The van der Waals surface area contributed by atoms with Crippen molar-refractivity contribution in [1.29, 1.82) is 0 Å². The monoisotopic (exact) mass is 244 g/mol. The first-order valence-corrected chi connectivity index (χ1v) is 7.10. The van der Waals surface area contributed by atoms with Crippen LogP contribution in [0.5, 0.6) is 0 Å². The lowest BCUT2D eigenvalue weighted by atomic mass is 9.85. The molecule has 94 valence electrons. The molecule has 0 spiro atoms. The summed E-state index contributed by atoms with van der Waals surface area (Å²) in [5.41, 5.74) is 6.29. The molecule has 2 rings (SSSR count). The zero-order valence-corrected chi connectivity index (χ0v) is 11.5. The SMILES string of the molecule is CC1(C)CN(CC2(C)COCC2N)CCS1. The topological polar surface area (TPSA) is 38.5 Å². The Labute approximate surface area is 103 Å². The number of rotatable bonds is 2. The maximum atomic E-state index is 6.14. The predicted molar refractivity (Wildman–Crippen MR) is 69.9 cm³/mol. The van der Waals surface area contributed by atoms with Gasteiger partial charge < -0.3 is 15.4 Å². The van der Waals surface area contributed by atoms with E-state index in [2.05, 4.69) is 37.4 Å². The molecule has 3 nitrogen and oxygen atoms in total. The lowest BCUT2D eigenvalue weighted by molar-refractivity contribution is 0.116. The lowest BCUT2D eigenvalue weighted by Crippen LogP contribution is -2.51. The summed E-state index contributed by atoms with van der Waals surface area (Å²) in [6, 6.07) is 0.199. The molecule has 0 aliphatic carbocycles. The molecule has 4 heteroatoms. The molecule has 2 N–H and O–H groups in total. The summed E-state index contributed by atoms with van der Waals surface area (Å²) in [6.07, 6.45) is 0. The molecule has 16 heavy (non-hydrogen) atoms. The van der Waals surface area contributed by atoms with Crippen LogP contribution in [0.3, 0.4) is 0 Å². The number of nitrogens with zero attached hydrogens (tertiary/aromatic N) is 1. The van der Waals surface area contributed by atoms with Gasteiger partial charge >= 0.3 is 0 Å². The Bertz CT molecular complexity index is 259. The molecule has 2 atom stereocenters. The highest BCUT2D eigenvalue weighted by molar-refractivity contribution is 8.00. The molecule has 0 aromatic rings. The van der Waals surface area contributed by atoms with Gasteiger partial charge in [0, 0.05) is 41.6 Å². The summed E-state index contributed by atoms with van der Waals surface area (Å²) in [7, 11) is 0. The number of thioether (sulfide) groups is 1. The Hall–Kier alpha value is 0.230. The Morgan fingerprint density at radius 2 is 2.19 bits per heavy atom. The molecular formula is C12H24N2OS. The van der Waals surface area contributed by atoms with Crippen molar-refractivity contribution >= 4 is 11.8 Å². The Morgan fingerprint density at radius 3 is 2.75 bits per heavy atom. The van der Waals surface area contributed by atoms with Crippen LogP contribution in [0.2, 0.25) is 0 Å². The van der Waals surface area contributed by atoms with E-state index in [-0.39, 0.29) is 11.5 Å². The molecule has 0 amide bonds. The zero-order chi connectivity index (χ0) is 11.8. The van der Waals surface area contributed by atoms with Crippen molar-refractivity contribution in [2.24, 2.45) is 11.1 Å². The van der Waals surface area contributed by atoms with Gasteiger partial charge in [0.1, 0.15) is 0 Å². The van der Waals surface area contributed by atoms with E-state index in [0.29, 0.717) is 4.75 Å². The second-order valence-corrected chi connectivity index (χ2v) is 7.90. The van der Waals surface area contributed by atoms with Crippen molar-refractivity contribution in [1.82, 2.24) is 4.90 Å². The quantitative estimate of drug-likeness (QED) is 0.791. The van der Waals surface area contributed by atoms with Crippen LogP contribution in [0.15, 0.2) is 0 Å². The van der Waals surface area contributed by atoms with Crippen molar-refractivity contribution in [2.75, 3.05) is 38.6 Å². The van der Waals surface area contributed by atoms with E-state index in [1.807, 2.05) is 0 Å². The highest BCUT2D eigenvalue weighted by Gasteiger charge is 2.40. The van der Waals surface area contributed by atoms with Gasteiger partial charge in [0.05, 0.1) is 13.2 Å². The molecule has 0 bridgehead atoms. The van der Waals surface area contributed by atoms with Crippen LogP contribution in [0, 0.1) is 5.41 Å². The first-order valence-electron chi connectivity index (χ1n) is 6.11. The van der Waals surface area contributed by atoms with Gasteiger partial charge in [-0.3, -0.25) is 0 Å². The third-order valence-electron chi connectivity index (χ3n) is 3.71. The summed E-state index contributed by atoms with van der Waals surface area (Å²) in [5.74, 6) is 1.24. The van der Waals surface area contributed by atoms with Crippen LogP contribution >= 0.6 is 11.8 Å². The molecule has 2 heterocycles. The molecule has 2 saturated heterocycles. The lowest BCUT2D eigenvalue weighted by Gasteiger charge is -2.41. The van der Waals surface area contributed by atoms with Gasteiger partial charge in [-0.15, -0.1) is 0 Å². The summed E-state index contributed by atoms with van der Waals surface area (Å²) in [5, 5.41) is 0. The molecule has 2 aliphatic heterocycles. The van der Waals surface area contributed by atoms with Crippen LogP contribution < -0.4 is 5.73 Å². The molecule has 2 unspecified atom stereocenters. The fourth-order valence-corrected chi connectivity index (χ4v) is 3.83. The molecule has 0 aromatic heterocycles. The maximum Gasteiger partial charge on any atom is 0.0624 e. The minimum absolute atomic E-state index is 0.151. The van der Waals surface area contributed by atoms with E-state index in [1.54, 1.807) is 0 Å². The Kier molecular flexibility index (Phi) is 3.55. The fraction of sp³-hybridized carbons (Fsp3) is 1.00. The Balaban J connectivity index is 1.94. The number of ether oxygens (including phenoxy) is 1. The van der Waals surface area contributed by atoms with Crippen LogP contribution in [-0.4, -0.2) is 54.3 Å². The molecular weight excluding hydrogens is 220 g/mol. The number of nitrogens with two attached hydrogens (primary N) is 1. The minimum atomic E-state index is 0.151. The van der Waals surface area contributed by atoms with Crippen LogP contribution in [-0.2, 0) is 4.74 Å². The van der Waals surface area contributed by atoms with E-state index in [4.69, 9.17) is 10.5 Å². The van der Waals surface area contributed by atoms with E-state index >= 15 is 0 Å². The summed E-state index contributed by atoms with van der Waals surface area (Å²) in [6.45, 7) is 11.9. The van der Waals surface area contributed by atoms with Gasteiger partial charge in [-0.25, -0.2) is 0 Å². The van der Waals surface area contributed by atoms with Crippen molar-refractivity contribution in [3.05, 3.63) is 0 Å². The first-order chi connectivity index (χ1) is 7.41. The third kappa shape index (κ3) is 2.73. The molecule has 0 aromatic carbocycles. The average Bonchev–Trinajstić information content (AvgIpc) is 2.45. The van der Waals surface area contributed by atoms with Gasteiger partial charge in [0.25, 0.3) is 0 Å². The highest BCUT2D eigenvalue weighted by atomic mass is 32.2. The second-order valence-electron chi connectivity index (χ2n) is 6.09. The van der Waals surface area contributed by atoms with Crippen LogP contribution in [0.25, 0.3) is 0 Å².